The summed E-state index contributed by atoms with van der Waals surface area (Å²) in [7, 11) is 0. The summed E-state index contributed by atoms with van der Waals surface area (Å²) >= 11 is 0. The number of carbonyl (C=O) groups is 2. The molecule has 1 aliphatic rings. The minimum absolute atomic E-state index is 0.0726. The molecule has 0 spiro atoms. The van der Waals surface area contributed by atoms with Crippen LogP contribution in [0.1, 0.15) is 27.9 Å². The summed E-state index contributed by atoms with van der Waals surface area (Å²) in [5, 5.41) is 18.7. The maximum absolute atomic E-state index is 12.4. The summed E-state index contributed by atoms with van der Waals surface area (Å²) in [6, 6.07) is 4.55. The van der Waals surface area contributed by atoms with Crippen LogP contribution in [-0.2, 0) is 4.79 Å². The number of hydrogen-bond acceptors (Lipinski definition) is 3. The van der Waals surface area contributed by atoms with Gasteiger partial charge in [0.05, 0.1) is 6.10 Å². The molecular formula is C14H17NO4. The molecule has 2 unspecified atom stereocenters. The minimum Gasteiger partial charge on any atom is -0.480 e. The van der Waals surface area contributed by atoms with Crippen LogP contribution in [0, 0.1) is 13.8 Å². The first-order valence-electron chi connectivity index (χ1n) is 6.19. The van der Waals surface area contributed by atoms with Crippen molar-refractivity contribution in [3.05, 3.63) is 34.9 Å². The molecule has 1 aliphatic heterocycles. The first-order chi connectivity index (χ1) is 8.90. The van der Waals surface area contributed by atoms with E-state index in [4.69, 9.17) is 5.11 Å². The van der Waals surface area contributed by atoms with E-state index in [2.05, 4.69) is 0 Å². The molecule has 0 radical (unpaired) electrons. The van der Waals surface area contributed by atoms with Gasteiger partial charge in [-0.3, -0.25) is 4.79 Å². The summed E-state index contributed by atoms with van der Waals surface area (Å²) in [6.07, 6.45) is -0.679. The number of amides is 1. The number of carboxylic acid groups (broad SMARTS) is 1. The lowest BCUT2D eigenvalue weighted by Gasteiger charge is -2.22. The van der Waals surface area contributed by atoms with E-state index in [9.17, 15) is 14.7 Å². The maximum Gasteiger partial charge on any atom is 0.326 e. The average Bonchev–Trinajstić information content (AvgIpc) is 2.74. The molecular weight excluding hydrogens is 246 g/mol. The standard InChI is InChI=1S/C14H17NO4/c1-8-3-4-9(2)11(5-8)13(17)15-7-10(16)6-12(15)14(18)19/h3-5,10,12,16H,6-7H2,1-2H3,(H,18,19). The summed E-state index contributed by atoms with van der Waals surface area (Å²) in [5.41, 5.74) is 2.25. The zero-order valence-electron chi connectivity index (χ0n) is 11.0. The third-order valence-electron chi connectivity index (χ3n) is 3.45. The highest BCUT2D eigenvalue weighted by molar-refractivity contribution is 5.98. The van der Waals surface area contributed by atoms with E-state index in [-0.39, 0.29) is 18.9 Å². The minimum atomic E-state index is -1.07. The van der Waals surface area contributed by atoms with Gasteiger partial charge in [0.25, 0.3) is 5.91 Å². The highest BCUT2D eigenvalue weighted by Gasteiger charge is 2.39. The van der Waals surface area contributed by atoms with E-state index >= 15 is 0 Å². The van der Waals surface area contributed by atoms with Gasteiger partial charge in [-0.1, -0.05) is 17.7 Å². The second-order valence-electron chi connectivity index (χ2n) is 5.02. The van der Waals surface area contributed by atoms with Crippen LogP contribution in [0.15, 0.2) is 18.2 Å². The molecule has 0 bridgehead atoms. The van der Waals surface area contributed by atoms with Crippen molar-refractivity contribution in [1.29, 1.82) is 0 Å². The number of carbonyl (C=O) groups excluding carboxylic acids is 1. The van der Waals surface area contributed by atoms with Gasteiger partial charge in [0.2, 0.25) is 0 Å². The van der Waals surface area contributed by atoms with Crippen LogP contribution >= 0.6 is 0 Å². The van der Waals surface area contributed by atoms with Gasteiger partial charge >= 0.3 is 5.97 Å². The predicted octanol–water partition coefficient (Wildman–Crippen LogP) is 0.963. The number of carboxylic acids is 1. The summed E-state index contributed by atoms with van der Waals surface area (Å²) in [4.78, 5) is 24.8. The first-order valence-corrected chi connectivity index (χ1v) is 6.19. The van der Waals surface area contributed by atoms with Gasteiger partial charge in [-0.25, -0.2) is 4.79 Å². The Morgan fingerprint density at radius 1 is 1.32 bits per heavy atom. The van der Waals surface area contributed by atoms with Crippen molar-refractivity contribution in [2.24, 2.45) is 0 Å². The van der Waals surface area contributed by atoms with Crippen molar-refractivity contribution < 1.29 is 19.8 Å². The number of aliphatic hydroxyl groups is 1. The summed E-state index contributed by atoms with van der Waals surface area (Å²) in [6.45, 7) is 3.77. The Bertz CT molecular complexity index is 526. The molecule has 0 aromatic heterocycles. The van der Waals surface area contributed by atoms with E-state index in [1.165, 1.54) is 4.90 Å². The van der Waals surface area contributed by atoms with Crippen molar-refractivity contribution >= 4 is 11.9 Å². The zero-order valence-corrected chi connectivity index (χ0v) is 11.0. The Morgan fingerprint density at radius 2 is 2.00 bits per heavy atom. The van der Waals surface area contributed by atoms with E-state index in [0.717, 1.165) is 11.1 Å². The number of rotatable bonds is 2. The summed E-state index contributed by atoms with van der Waals surface area (Å²) in [5.74, 6) is -1.40. The Kier molecular flexibility index (Phi) is 3.57. The van der Waals surface area contributed by atoms with Crippen LogP contribution in [0.25, 0.3) is 0 Å². The number of nitrogens with zero attached hydrogens (tertiary/aromatic N) is 1. The molecule has 1 heterocycles. The third-order valence-corrected chi connectivity index (χ3v) is 3.45. The Hall–Kier alpha value is -1.88. The van der Waals surface area contributed by atoms with Crippen LogP contribution in [0.2, 0.25) is 0 Å². The smallest absolute Gasteiger partial charge is 0.326 e. The van der Waals surface area contributed by atoms with Crippen molar-refractivity contribution in [2.45, 2.75) is 32.4 Å². The lowest BCUT2D eigenvalue weighted by atomic mass is 10.0. The molecule has 1 amide bonds. The highest BCUT2D eigenvalue weighted by atomic mass is 16.4. The number of likely N-dealkylation sites (tertiary alicyclic amines) is 1. The van der Waals surface area contributed by atoms with Crippen molar-refractivity contribution in [3.8, 4) is 0 Å². The molecule has 5 nitrogen and oxygen atoms in total. The molecule has 0 saturated carbocycles. The van der Waals surface area contributed by atoms with Crippen LogP contribution in [-0.4, -0.2) is 45.7 Å². The van der Waals surface area contributed by atoms with Crippen molar-refractivity contribution in [3.63, 3.8) is 0 Å². The lowest BCUT2D eigenvalue weighted by Crippen LogP contribution is -2.40. The number of hydrogen-bond donors (Lipinski definition) is 2. The average molecular weight is 263 g/mol. The van der Waals surface area contributed by atoms with Crippen molar-refractivity contribution in [1.82, 2.24) is 4.90 Å². The van der Waals surface area contributed by atoms with Gasteiger partial charge in [-0.05, 0) is 25.5 Å². The molecule has 1 saturated heterocycles. The van der Waals surface area contributed by atoms with Crippen LogP contribution in [0.5, 0.6) is 0 Å². The maximum atomic E-state index is 12.4. The van der Waals surface area contributed by atoms with Gasteiger partial charge < -0.3 is 15.1 Å². The van der Waals surface area contributed by atoms with Crippen LogP contribution in [0.4, 0.5) is 0 Å². The fourth-order valence-electron chi connectivity index (χ4n) is 2.39. The fraction of sp³-hybridized carbons (Fsp3) is 0.429. The normalized spacial score (nSPS) is 22.6. The number of benzene rings is 1. The molecule has 2 atom stereocenters. The number of aliphatic carboxylic acids is 1. The Balaban J connectivity index is 2.33. The molecule has 5 heteroatoms. The highest BCUT2D eigenvalue weighted by Crippen LogP contribution is 2.22. The third kappa shape index (κ3) is 2.61. The molecule has 1 aromatic carbocycles. The van der Waals surface area contributed by atoms with Gasteiger partial charge in [-0.2, -0.15) is 0 Å². The van der Waals surface area contributed by atoms with E-state index in [1.807, 2.05) is 26.0 Å². The topological polar surface area (TPSA) is 77.8 Å². The molecule has 2 rings (SSSR count). The fourth-order valence-corrected chi connectivity index (χ4v) is 2.39. The second-order valence-corrected chi connectivity index (χ2v) is 5.02. The predicted molar refractivity (Wildman–Crippen MR) is 69.0 cm³/mol. The quantitative estimate of drug-likeness (QED) is 0.833. The largest absolute Gasteiger partial charge is 0.480 e. The SMILES string of the molecule is Cc1ccc(C)c(C(=O)N2CC(O)CC2C(=O)O)c1. The molecule has 19 heavy (non-hydrogen) atoms. The molecule has 1 aromatic rings. The number of β-amino-alcohol motifs (C(OH)–C–C–N with tert-alkyl or cyclic N) is 1. The zero-order chi connectivity index (χ0) is 14.2. The van der Waals surface area contributed by atoms with Crippen molar-refractivity contribution in [2.75, 3.05) is 6.54 Å². The van der Waals surface area contributed by atoms with E-state index < -0.39 is 18.1 Å². The molecule has 0 aliphatic carbocycles. The Labute approximate surface area is 111 Å². The second kappa shape index (κ2) is 5.01. The van der Waals surface area contributed by atoms with Crippen LogP contribution in [0.3, 0.4) is 0 Å². The number of aryl methyl sites for hydroxylation is 2. The number of aliphatic hydroxyl groups excluding tert-OH is 1. The lowest BCUT2D eigenvalue weighted by molar-refractivity contribution is -0.141. The Morgan fingerprint density at radius 3 is 2.63 bits per heavy atom. The van der Waals surface area contributed by atoms with Gasteiger partial charge in [0.1, 0.15) is 6.04 Å². The van der Waals surface area contributed by atoms with Gasteiger partial charge in [0.15, 0.2) is 0 Å². The van der Waals surface area contributed by atoms with Gasteiger partial charge in [-0.15, -0.1) is 0 Å². The molecule has 1 fully saturated rings. The van der Waals surface area contributed by atoms with Gasteiger partial charge in [0, 0.05) is 18.5 Å². The monoisotopic (exact) mass is 263 g/mol. The van der Waals surface area contributed by atoms with Crippen LogP contribution < -0.4 is 0 Å². The summed E-state index contributed by atoms with van der Waals surface area (Å²) < 4.78 is 0. The van der Waals surface area contributed by atoms with E-state index in [0.29, 0.717) is 5.56 Å². The molecule has 2 N–H and O–H groups in total. The molecule has 102 valence electrons. The first kappa shape index (κ1) is 13.5. The van der Waals surface area contributed by atoms with E-state index in [1.54, 1.807) is 6.07 Å².